The van der Waals surface area contributed by atoms with Gasteiger partial charge in [0.25, 0.3) is 0 Å². The molecule has 0 saturated carbocycles. The zero-order valence-electron chi connectivity index (χ0n) is 12.4. The van der Waals surface area contributed by atoms with Gasteiger partial charge in [-0.2, -0.15) is 0 Å². The number of benzene rings is 2. The first-order valence-electron chi connectivity index (χ1n) is 7.14. The molecule has 0 N–H and O–H groups in total. The molecule has 1 radical (unpaired) electrons. The second kappa shape index (κ2) is 6.86. The second-order valence-corrected chi connectivity index (χ2v) is 5.24. The van der Waals surface area contributed by atoms with E-state index in [1.165, 1.54) is 17.7 Å². The van der Waals surface area contributed by atoms with Crippen molar-refractivity contribution in [1.82, 2.24) is 0 Å². The minimum Gasteiger partial charge on any atom is -0.406 e. The van der Waals surface area contributed by atoms with Gasteiger partial charge in [0, 0.05) is 0 Å². The molecule has 0 bridgehead atoms. The predicted octanol–water partition coefficient (Wildman–Crippen LogP) is 5.97. The molecule has 0 saturated heterocycles. The van der Waals surface area contributed by atoms with Crippen LogP contribution in [0.1, 0.15) is 31.2 Å². The Morgan fingerprint density at radius 3 is 1.91 bits per heavy atom. The maximum atomic E-state index is 12.1. The van der Waals surface area contributed by atoms with Crippen molar-refractivity contribution >= 4 is 0 Å². The third-order valence-electron chi connectivity index (χ3n) is 3.54. The van der Waals surface area contributed by atoms with Gasteiger partial charge in [-0.3, -0.25) is 0 Å². The quantitative estimate of drug-likeness (QED) is 0.661. The first kappa shape index (κ1) is 16.4. The SMILES string of the molecule is [CH2]CCC(C)c1ccc(-c2ccc(OC(F)(F)F)cc2)cc1. The van der Waals surface area contributed by atoms with Gasteiger partial charge in [0.2, 0.25) is 0 Å². The summed E-state index contributed by atoms with van der Waals surface area (Å²) in [6, 6.07) is 13.9. The minimum atomic E-state index is -4.66. The van der Waals surface area contributed by atoms with Crippen molar-refractivity contribution in [2.24, 2.45) is 0 Å². The molecule has 0 heterocycles. The van der Waals surface area contributed by atoms with Crippen molar-refractivity contribution < 1.29 is 17.9 Å². The van der Waals surface area contributed by atoms with E-state index in [2.05, 4.69) is 30.7 Å². The molecule has 2 rings (SSSR count). The topological polar surface area (TPSA) is 9.23 Å². The van der Waals surface area contributed by atoms with E-state index >= 15 is 0 Å². The second-order valence-electron chi connectivity index (χ2n) is 5.24. The summed E-state index contributed by atoms with van der Waals surface area (Å²) in [6.07, 6.45) is -2.74. The molecule has 1 nitrogen and oxygen atoms in total. The van der Waals surface area contributed by atoms with Crippen molar-refractivity contribution in [3.05, 3.63) is 61.0 Å². The molecule has 2 aromatic rings. The summed E-state index contributed by atoms with van der Waals surface area (Å²) in [6.45, 7) is 6.01. The van der Waals surface area contributed by atoms with E-state index in [0.29, 0.717) is 5.92 Å². The molecule has 0 aliphatic rings. The fourth-order valence-corrected chi connectivity index (χ4v) is 2.33. The number of alkyl halides is 3. The first-order chi connectivity index (χ1) is 10.4. The Balaban J connectivity index is 2.11. The molecule has 0 aliphatic carbocycles. The summed E-state index contributed by atoms with van der Waals surface area (Å²) >= 11 is 0. The number of ether oxygens (including phenoxy) is 1. The molecule has 4 heteroatoms. The van der Waals surface area contributed by atoms with Crippen LogP contribution in [0.3, 0.4) is 0 Å². The van der Waals surface area contributed by atoms with Crippen molar-refractivity contribution in [3.63, 3.8) is 0 Å². The van der Waals surface area contributed by atoms with Gasteiger partial charge in [-0.15, -0.1) is 13.2 Å². The maximum Gasteiger partial charge on any atom is 0.573 e. The standard InChI is InChI=1S/C18H18F3O/c1-3-4-13(2)14-5-7-15(8-6-14)16-9-11-17(12-10-16)22-18(19,20)21/h5-13H,1,3-4H2,2H3. The maximum absolute atomic E-state index is 12.1. The van der Waals surface area contributed by atoms with E-state index in [1.54, 1.807) is 12.1 Å². The summed E-state index contributed by atoms with van der Waals surface area (Å²) in [4.78, 5) is 0. The van der Waals surface area contributed by atoms with Crippen molar-refractivity contribution in [3.8, 4) is 16.9 Å². The molecule has 0 spiro atoms. The summed E-state index contributed by atoms with van der Waals surface area (Å²) in [5, 5.41) is 0. The number of halogens is 3. The van der Waals surface area contributed by atoms with Gasteiger partial charge in [0.15, 0.2) is 0 Å². The molecule has 1 unspecified atom stereocenters. The Bertz CT molecular complexity index is 585. The molecule has 22 heavy (non-hydrogen) atoms. The molecular weight excluding hydrogens is 289 g/mol. The molecule has 2 aromatic carbocycles. The van der Waals surface area contributed by atoms with Crippen LogP contribution < -0.4 is 4.74 Å². The largest absolute Gasteiger partial charge is 0.573 e. The molecule has 0 amide bonds. The van der Waals surface area contributed by atoms with Gasteiger partial charge < -0.3 is 4.74 Å². The van der Waals surface area contributed by atoms with Crippen LogP contribution in [0.25, 0.3) is 11.1 Å². The molecule has 117 valence electrons. The zero-order chi connectivity index (χ0) is 16.2. The number of hydrogen-bond acceptors (Lipinski definition) is 1. The average Bonchev–Trinajstić information content (AvgIpc) is 2.47. The fourth-order valence-electron chi connectivity index (χ4n) is 2.33. The lowest BCUT2D eigenvalue weighted by Gasteiger charge is -2.12. The smallest absolute Gasteiger partial charge is 0.406 e. The minimum absolute atomic E-state index is 0.211. The molecule has 1 atom stereocenters. The Morgan fingerprint density at radius 2 is 1.45 bits per heavy atom. The number of rotatable bonds is 5. The van der Waals surface area contributed by atoms with Gasteiger partial charge in [-0.25, -0.2) is 0 Å². The third-order valence-corrected chi connectivity index (χ3v) is 3.54. The summed E-state index contributed by atoms with van der Waals surface area (Å²) in [5.74, 6) is 0.242. The van der Waals surface area contributed by atoms with Gasteiger partial charge >= 0.3 is 6.36 Å². The Morgan fingerprint density at radius 1 is 0.955 bits per heavy atom. The first-order valence-corrected chi connectivity index (χ1v) is 7.14. The highest BCUT2D eigenvalue weighted by Gasteiger charge is 2.30. The number of hydrogen-bond donors (Lipinski definition) is 0. The van der Waals surface area contributed by atoms with Crippen LogP contribution >= 0.6 is 0 Å². The summed E-state index contributed by atoms with van der Waals surface area (Å²) in [5.41, 5.74) is 3.06. The van der Waals surface area contributed by atoms with Crippen molar-refractivity contribution in [1.29, 1.82) is 0 Å². The molecule has 0 aliphatic heterocycles. The highest BCUT2D eigenvalue weighted by Crippen LogP contribution is 2.28. The predicted molar refractivity (Wildman–Crippen MR) is 81.6 cm³/mol. The molecular formula is C18H18F3O. The van der Waals surface area contributed by atoms with Crippen LogP contribution in [0.15, 0.2) is 48.5 Å². The van der Waals surface area contributed by atoms with Crippen LogP contribution in [0.5, 0.6) is 5.75 Å². The van der Waals surface area contributed by atoms with Crippen LogP contribution in [0.4, 0.5) is 13.2 Å². The highest BCUT2D eigenvalue weighted by atomic mass is 19.4. The van der Waals surface area contributed by atoms with Gasteiger partial charge in [-0.05, 0) is 41.2 Å². The van der Waals surface area contributed by atoms with Crippen LogP contribution in [-0.2, 0) is 0 Å². The van der Waals surface area contributed by atoms with E-state index in [-0.39, 0.29) is 5.75 Å². The van der Waals surface area contributed by atoms with E-state index in [1.807, 2.05) is 12.1 Å². The highest BCUT2D eigenvalue weighted by molar-refractivity contribution is 5.64. The zero-order valence-corrected chi connectivity index (χ0v) is 12.4. The normalized spacial score (nSPS) is 13.0. The van der Waals surface area contributed by atoms with Crippen molar-refractivity contribution in [2.45, 2.75) is 32.0 Å². The Kier molecular flexibility index (Phi) is 5.11. The van der Waals surface area contributed by atoms with Gasteiger partial charge in [-0.1, -0.05) is 56.7 Å². The monoisotopic (exact) mass is 307 g/mol. The van der Waals surface area contributed by atoms with Crippen LogP contribution in [-0.4, -0.2) is 6.36 Å². The third kappa shape index (κ3) is 4.52. The van der Waals surface area contributed by atoms with Crippen LogP contribution in [0.2, 0.25) is 0 Å². The molecule has 0 aromatic heterocycles. The average molecular weight is 307 g/mol. The van der Waals surface area contributed by atoms with E-state index < -0.39 is 6.36 Å². The van der Waals surface area contributed by atoms with Crippen LogP contribution in [0, 0.1) is 6.92 Å². The lowest BCUT2D eigenvalue weighted by molar-refractivity contribution is -0.274. The lowest BCUT2D eigenvalue weighted by Crippen LogP contribution is -2.16. The van der Waals surface area contributed by atoms with Gasteiger partial charge in [0.05, 0.1) is 0 Å². The Hall–Kier alpha value is -1.97. The van der Waals surface area contributed by atoms with E-state index in [9.17, 15) is 13.2 Å². The van der Waals surface area contributed by atoms with E-state index in [0.717, 1.165) is 24.0 Å². The molecule has 0 fully saturated rings. The van der Waals surface area contributed by atoms with E-state index in [4.69, 9.17) is 0 Å². The Labute approximate surface area is 128 Å². The lowest BCUT2D eigenvalue weighted by atomic mass is 9.94. The van der Waals surface area contributed by atoms with Crippen molar-refractivity contribution in [2.75, 3.05) is 0 Å². The fraction of sp³-hybridized carbons (Fsp3) is 0.278. The summed E-state index contributed by atoms with van der Waals surface area (Å²) in [7, 11) is 0. The summed E-state index contributed by atoms with van der Waals surface area (Å²) < 4.78 is 40.2. The van der Waals surface area contributed by atoms with Gasteiger partial charge in [0.1, 0.15) is 5.75 Å².